The fraction of sp³-hybridized carbons (Fsp3) is 0.833. The minimum atomic E-state index is -0.910. The molecule has 0 rings (SSSR count). The number of halogens is 1. The van der Waals surface area contributed by atoms with Crippen molar-refractivity contribution in [3.05, 3.63) is 0 Å². The van der Waals surface area contributed by atoms with Crippen LogP contribution in [-0.2, 0) is 9.53 Å². The van der Waals surface area contributed by atoms with Gasteiger partial charge in [0.1, 0.15) is 4.83 Å². The largest absolute Gasteiger partial charge is 0.480 e. The molecule has 1 N–H and O–H groups in total. The molecule has 0 saturated heterocycles. The molecule has 0 aromatic heterocycles. The van der Waals surface area contributed by atoms with Crippen molar-refractivity contribution < 1.29 is 14.6 Å². The molecule has 0 saturated carbocycles. The van der Waals surface area contributed by atoms with E-state index in [0.29, 0.717) is 0 Å². The maximum absolute atomic E-state index is 10.4. The van der Waals surface area contributed by atoms with E-state index in [0.717, 1.165) is 0 Å². The highest BCUT2D eigenvalue weighted by atomic mass is 79.9. The molecule has 0 bridgehead atoms. The summed E-state index contributed by atoms with van der Waals surface area (Å²) < 4.78 is 4.93. The van der Waals surface area contributed by atoms with Gasteiger partial charge < -0.3 is 9.84 Å². The molecule has 3 nitrogen and oxygen atoms in total. The minimum Gasteiger partial charge on any atom is -0.480 e. The van der Waals surface area contributed by atoms with Gasteiger partial charge in [-0.15, -0.1) is 0 Å². The first-order valence-electron chi connectivity index (χ1n) is 2.84. The highest BCUT2D eigenvalue weighted by molar-refractivity contribution is 9.10. The molecule has 0 fully saturated rings. The minimum absolute atomic E-state index is 0.661. The van der Waals surface area contributed by atoms with Crippen LogP contribution in [0.15, 0.2) is 0 Å². The van der Waals surface area contributed by atoms with Crippen LogP contribution >= 0.6 is 15.9 Å². The molecule has 0 aromatic rings. The summed E-state index contributed by atoms with van der Waals surface area (Å²) in [7, 11) is 1.48. The van der Waals surface area contributed by atoms with Crippen LogP contribution in [0, 0.1) is 0 Å². The van der Waals surface area contributed by atoms with Crippen molar-refractivity contribution >= 4 is 21.9 Å². The van der Waals surface area contributed by atoms with Crippen LogP contribution < -0.4 is 0 Å². The third-order valence-corrected chi connectivity index (χ3v) is 2.85. The maximum atomic E-state index is 10.4. The van der Waals surface area contributed by atoms with E-state index in [2.05, 4.69) is 15.9 Å². The van der Waals surface area contributed by atoms with Gasteiger partial charge in [-0.25, -0.2) is 0 Å². The predicted molar refractivity (Wildman–Crippen MR) is 41.4 cm³/mol. The number of aliphatic carboxylic acids is 1. The molecule has 0 aliphatic carbocycles. The van der Waals surface area contributed by atoms with Crippen molar-refractivity contribution in [2.24, 2.45) is 0 Å². The van der Waals surface area contributed by atoms with Crippen LogP contribution in [0.4, 0.5) is 0 Å². The Labute approximate surface area is 68.5 Å². The summed E-state index contributed by atoms with van der Waals surface area (Å²) in [6.45, 7) is 3.42. The summed E-state index contributed by atoms with van der Waals surface area (Å²) in [6.07, 6.45) is 0. The molecule has 4 heteroatoms. The van der Waals surface area contributed by atoms with Gasteiger partial charge in [0.25, 0.3) is 0 Å². The maximum Gasteiger partial charge on any atom is 0.320 e. The lowest BCUT2D eigenvalue weighted by atomic mass is 10.1. The lowest BCUT2D eigenvalue weighted by Crippen LogP contribution is -2.39. The standard InChI is InChI=1S/C6H11BrO3/c1-6(2,10-3)4(7)5(8)9/h4H,1-3H3,(H,8,9). The molecule has 1 atom stereocenters. The van der Waals surface area contributed by atoms with E-state index in [-0.39, 0.29) is 0 Å². The number of ether oxygens (including phenoxy) is 1. The number of carbonyl (C=O) groups is 1. The van der Waals surface area contributed by atoms with Crippen LogP contribution in [0.3, 0.4) is 0 Å². The Balaban J connectivity index is 4.17. The van der Waals surface area contributed by atoms with Crippen LogP contribution in [0.1, 0.15) is 13.8 Å². The second-order valence-corrected chi connectivity index (χ2v) is 3.42. The molecule has 0 aromatic carbocycles. The molecule has 0 aliphatic heterocycles. The molecule has 0 aliphatic rings. The van der Waals surface area contributed by atoms with Crippen LogP contribution in [0.25, 0.3) is 0 Å². The first kappa shape index (κ1) is 9.91. The highest BCUT2D eigenvalue weighted by Gasteiger charge is 2.32. The van der Waals surface area contributed by atoms with Gasteiger partial charge in [0, 0.05) is 7.11 Å². The number of rotatable bonds is 3. The Kier molecular flexibility index (Phi) is 3.31. The zero-order valence-corrected chi connectivity index (χ0v) is 7.81. The Morgan fingerprint density at radius 3 is 2.20 bits per heavy atom. The smallest absolute Gasteiger partial charge is 0.320 e. The van der Waals surface area contributed by atoms with Gasteiger partial charge >= 0.3 is 5.97 Å². The van der Waals surface area contributed by atoms with E-state index < -0.39 is 16.4 Å². The first-order chi connectivity index (χ1) is 4.41. The summed E-state index contributed by atoms with van der Waals surface area (Å²) in [5.74, 6) is -0.910. The zero-order valence-electron chi connectivity index (χ0n) is 6.22. The summed E-state index contributed by atoms with van der Waals surface area (Å²) in [5, 5.41) is 8.52. The normalized spacial score (nSPS) is 14.8. The van der Waals surface area contributed by atoms with E-state index >= 15 is 0 Å². The first-order valence-corrected chi connectivity index (χ1v) is 3.75. The van der Waals surface area contributed by atoms with E-state index in [1.54, 1.807) is 13.8 Å². The van der Waals surface area contributed by atoms with Crippen LogP contribution in [0.5, 0.6) is 0 Å². The Bertz CT molecular complexity index is 133. The van der Waals surface area contributed by atoms with Crippen molar-refractivity contribution in [2.75, 3.05) is 7.11 Å². The number of methoxy groups -OCH3 is 1. The SMILES string of the molecule is COC(C)(C)C(Br)C(=O)O. The summed E-state index contributed by atoms with van der Waals surface area (Å²) in [5.41, 5.74) is -0.661. The van der Waals surface area contributed by atoms with Crippen molar-refractivity contribution in [3.63, 3.8) is 0 Å². The van der Waals surface area contributed by atoms with Crippen molar-refractivity contribution in [2.45, 2.75) is 24.3 Å². The molecule has 0 amide bonds. The van der Waals surface area contributed by atoms with Crippen LogP contribution in [0.2, 0.25) is 0 Å². The van der Waals surface area contributed by atoms with Gasteiger partial charge in [-0.05, 0) is 13.8 Å². The van der Waals surface area contributed by atoms with E-state index in [1.165, 1.54) is 7.11 Å². The van der Waals surface area contributed by atoms with Gasteiger partial charge in [0.05, 0.1) is 5.60 Å². The van der Waals surface area contributed by atoms with Gasteiger partial charge in [-0.3, -0.25) is 4.79 Å². The predicted octanol–water partition coefficient (Wildman–Crippen LogP) is 1.26. The van der Waals surface area contributed by atoms with E-state index in [1.807, 2.05) is 0 Å². The Morgan fingerprint density at radius 2 is 2.10 bits per heavy atom. The fourth-order valence-electron chi connectivity index (χ4n) is 0.401. The molecule has 0 spiro atoms. The molecule has 10 heavy (non-hydrogen) atoms. The summed E-state index contributed by atoms with van der Waals surface area (Å²) in [4.78, 5) is 9.72. The molecular formula is C6H11BrO3. The van der Waals surface area contributed by atoms with Gasteiger partial charge in [-0.2, -0.15) is 0 Å². The average molecular weight is 211 g/mol. The molecule has 1 unspecified atom stereocenters. The topological polar surface area (TPSA) is 46.5 Å². The second kappa shape index (κ2) is 3.34. The quantitative estimate of drug-likeness (QED) is 0.714. The molecule has 60 valence electrons. The van der Waals surface area contributed by atoms with Gasteiger partial charge in [-0.1, -0.05) is 15.9 Å². The number of hydrogen-bond donors (Lipinski definition) is 1. The third kappa shape index (κ3) is 2.27. The van der Waals surface area contributed by atoms with Gasteiger partial charge in [0.15, 0.2) is 0 Å². The molecule has 0 heterocycles. The van der Waals surface area contributed by atoms with E-state index in [4.69, 9.17) is 9.84 Å². The number of alkyl halides is 1. The Morgan fingerprint density at radius 1 is 1.70 bits per heavy atom. The average Bonchev–Trinajstić information content (AvgIpc) is 1.86. The van der Waals surface area contributed by atoms with E-state index in [9.17, 15) is 4.79 Å². The monoisotopic (exact) mass is 210 g/mol. The summed E-state index contributed by atoms with van der Waals surface area (Å²) >= 11 is 3.00. The van der Waals surface area contributed by atoms with Crippen molar-refractivity contribution in [1.29, 1.82) is 0 Å². The second-order valence-electron chi connectivity index (χ2n) is 2.51. The summed E-state index contributed by atoms with van der Waals surface area (Å²) in [6, 6.07) is 0. The molecule has 0 radical (unpaired) electrons. The number of carboxylic acid groups (broad SMARTS) is 1. The number of carboxylic acids is 1. The fourth-order valence-corrected chi connectivity index (χ4v) is 0.588. The highest BCUT2D eigenvalue weighted by Crippen LogP contribution is 2.20. The number of hydrogen-bond acceptors (Lipinski definition) is 2. The lowest BCUT2D eigenvalue weighted by Gasteiger charge is -2.25. The van der Waals surface area contributed by atoms with Gasteiger partial charge in [0.2, 0.25) is 0 Å². The zero-order chi connectivity index (χ0) is 8.36. The van der Waals surface area contributed by atoms with Crippen LogP contribution in [-0.4, -0.2) is 28.6 Å². The molecular weight excluding hydrogens is 200 g/mol. The lowest BCUT2D eigenvalue weighted by molar-refractivity contribution is -0.141. The Hall–Kier alpha value is -0.0900. The van der Waals surface area contributed by atoms with Crippen molar-refractivity contribution in [3.8, 4) is 0 Å². The third-order valence-electron chi connectivity index (χ3n) is 1.35. The van der Waals surface area contributed by atoms with Crippen molar-refractivity contribution in [1.82, 2.24) is 0 Å².